The zero-order valence-corrected chi connectivity index (χ0v) is 11.1. The molecule has 0 aromatic carbocycles. The molecule has 0 radical (unpaired) electrons. The van der Waals surface area contributed by atoms with Crippen LogP contribution in [0.3, 0.4) is 0 Å². The molecule has 7 heteroatoms. The van der Waals surface area contributed by atoms with E-state index in [1.807, 2.05) is 0 Å². The van der Waals surface area contributed by atoms with Crippen LogP contribution in [-0.2, 0) is 11.3 Å². The fourth-order valence-corrected chi connectivity index (χ4v) is 1.47. The van der Waals surface area contributed by atoms with Crippen molar-refractivity contribution < 1.29 is 9.59 Å². The van der Waals surface area contributed by atoms with Crippen LogP contribution in [0, 0.1) is 5.41 Å². The first-order chi connectivity index (χ1) is 8.27. The van der Waals surface area contributed by atoms with Crippen LogP contribution in [-0.4, -0.2) is 40.6 Å². The molecule has 1 rings (SSSR count). The highest BCUT2D eigenvalue weighted by Gasteiger charge is 2.28. The summed E-state index contributed by atoms with van der Waals surface area (Å²) in [6.07, 6.45) is 1.67. The molecule has 0 aliphatic rings. The molecule has 0 spiro atoms. The first kappa shape index (κ1) is 14.2. The first-order valence-electron chi connectivity index (χ1n) is 5.54. The van der Waals surface area contributed by atoms with E-state index in [1.54, 1.807) is 44.9 Å². The van der Waals surface area contributed by atoms with Gasteiger partial charge in [-0.2, -0.15) is 5.10 Å². The molecule has 0 saturated heterocycles. The average Bonchev–Trinajstić information content (AvgIpc) is 2.74. The molecule has 1 aromatic rings. The second-order valence-electron chi connectivity index (χ2n) is 4.96. The quantitative estimate of drug-likeness (QED) is 0.434. The number of nitrogens with two attached hydrogens (primary N) is 1. The van der Waals surface area contributed by atoms with E-state index in [4.69, 9.17) is 5.84 Å². The third-order valence-corrected chi connectivity index (χ3v) is 2.57. The van der Waals surface area contributed by atoms with Gasteiger partial charge in [-0.05, 0) is 19.9 Å². The largest absolute Gasteiger partial charge is 0.343 e. The van der Waals surface area contributed by atoms with Gasteiger partial charge in [0.1, 0.15) is 5.69 Å². The van der Waals surface area contributed by atoms with Gasteiger partial charge in [-0.25, -0.2) is 5.84 Å². The second-order valence-corrected chi connectivity index (χ2v) is 4.96. The molecule has 7 nitrogen and oxygen atoms in total. The summed E-state index contributed by atoms with van der Waals surface area (Å²) in [6, 6.07) is 1.62. The van der Waals surface area contributed by atoms with Crippen LogP contribution in [0.15, 0.2) is 12.3 Å². The van der Waals surface area contributed by atoms with E-state index in [2.05, 4.69) is 10.5 Å². The third-order valence-electron chi connectivity index (χ3n) is 2.57. The van der Waals surface area contributed by atoms with Crippen LogP contribution in [0.1, 0.15) is 24.3 Å². The highest BCUT2D eigenvalue weighted by molar-refractivity contribution is 5.91. The summed E-state index contributed by atoms with van der Waals surface area (Å²) < 4.78 is 1.56. The van der Waals surface area contributed by atoms with E-state index >= 15 is 0 Å². The number of hydrazine groups is 1. The van der Waals surface area contributed by atoms with Crippen molar-refractivity contribution in [3.63, 3.8) is 0 Å². The lowest BCUT2D eigenvalue weighted by atomic mass is 9.93. The Bertz CT molecular complexity index is 450. The van der Waals surface area contributed by atoms with Crippen molar-refractivity contribution in [1.29, 1.82) is 0 Å². The van der Waals surface area contributed by atoms with Crippen molar-refractivity contribution >= 4 is 11.8 Å². The van der Waals surface area contributed by atoms with Gasteiger partial charge in [0, 0.05) is 20.3 Å². The Kier molecular flexibility index (Phi) is 4.07. The van der Waals surface area contributed by atoms with Crippen molar-refractivity contribution in [3.05, 3.63) is 18.0 Å². The highest BCUT2D eigenvalue weighted by atomic mass is 16.2. The number of hydrogen-bond donors (Lipinski definition) is 2. The van der Waals surface area contributed by atoms with E-state index in [-0.39, 0.29) is 11.8 Å². The summed E-state index contributed by atoms with van der Waals surface area (Å²) >= 11 is 0. The Labute approximate surface area is 106 Å². The van der Waals surface area contributed by atoms with Crippen LogP contribution >= 0.6 is 0 Å². The number of aromatic nitrogens is 2. The SMILES string of the molecule is CN(C)C(=O)c1ccn(CC(C)(C)C(=O)NN)n1. The molecule has 0 fully saturated rings. The molecule has 2 amide bonds. The lowest BCUT2D eigenvalue weighted by Crippen LogP contribution is -2.43. The first-order valence-corrected chi connectivity index (χ1v) is 5.54. The molecule has 0 aliphatic carbocycles. The zero-order valence-electron chi connectivity index (χ0n) is 11.1. The molecular formula is C11H19N5O2. The van der Waals surface area contributed by atoms with Crippen LogP contribution in [0.25, 0.3) is 0 Å². The fraction of sp³-hybridized carbons (Fsp3) is 0.545. The lowest BCUT2D eigenvalue weighted by molar-refractivity contribution is -0.130. The number of carbonyl (C=O) groups excluding carboxylic acids is 2. The van der Waals surface area contributed by atoms with Gasteiger partial charge in [-0.15, -0.1) is 0 Å². The number of rotatable bonds is 4. The van der Waals surface area contributed by atoms with E-state index in [1.165, 1.54) is 4.90 Å². The predicted octanol–water partition coefficient (Wildman–Crippen LogP) is -0.399. The Morgan fingerprint density at radius 1 is 1.50 bits per heavy atom. The molecule has 0 unspecified atom stereocenters. The summed E-state index contributed by atoms with van der Waals surface area (Å²) in [5, 5.41) is 4.14. The van der Waals surface area contributed by atoms with Gasteiger partial charge >= 0.3 is 0 Å². The van der Waals surface area contributed by atoms with Crippen LogP contribution in [0.2, 0.25) is 0 Å². The normalized spacial score (nSPS) is 11.2. The molecule has 1 aromatic heterocycles. The van der Waals surface area contributed by atoms with Gasteiger partial charge < -0.3 is 4.90 Å². The van der Waals surface area contributed by atoms with Gasteiger partial charge in [0.05, 0.1) is 12.0 Å². The van der Waals surface area contributed by atoms with Crippen LogP contribution < -0.4 is 11.3 Å². The Morgan fingerprint density at radius 2 is 2.11 bits per heavy atom. The van der Waals surface area contributed by atoms with Gasteiger partial charge in [-0.1, -0.05) is 0 Å². The maximum Gasteiger partial charge on any atom is 0.273 e. The predicted molar refractivity (Wildman–Crippen MR) is 66.4 cm³/mol. The number of nitrogens with zero attached hydrogens (tertiary/aromatic N) is 3. The van der Waals surface area contributed by atoms with Crippen molar-refractivity contribution in [2.24, 2.45) is 11.3 Å². The average molecular weight is 253 g/mol. The smallest absolute Gasteiger partial charge is 0.273 e. The van der Waals surface area contributed by atoms with Gasteiger partial charge in [0.15, 0.2) is 0 Å². The highest BCUT2D eigenvalue weighted by Crippen LogP contribution is 2.17. The summed E-state index contributed by atoms with van der Waals surface area (Å²) in [5.74, 6) is 4.66. The summed E-state index contributed by atoms with van der Waals surface area (Å²) in [6.45, 7) is 3.85. The number of hydrogen-bond acceptors (Lipinski definition) is 4. The monoisotopic (exact) mass is 253 g/mol. The zero-order chi connectivity index (χ0) is 13.9. The number of nitrogens with one attached hydrogen (secondary N) is 1. The second kappa shape index (κ2) is 5.18. The number of carbonyl (C=O) groups is 2. The Balaban J connectivity index is 2.82. The van der Waals surface area contributed by atoms with Crippen molar-refractivity contribution in [2.75, 3.05) is 14.1 Å². The standard InChI is InChI=1S/C11H19N5O2/c1-11(2,10(18)13-12)7-16-6-5-8(14-16)9(17)15(3)4/h5-6H,7,12H2,1-4H3,(H,13,18). The Hall–Kier alpha value is -1.89. The minimum Gasteiger partial charge on any atom is -0.343 e. The molecule has 3 N–H and O–H groups in total. The summed E-state index contributed by atoms with van der Waals surface area (Å²) in [5.41, 5.74) is 1.77. The topological polar surface area (TPSA) is 93.2 Å². The van der Waals surface area contributed by atoms with Crippen molar-refractivity contribution in [2.45, 2.75) is 20.4 Å². The molecule has 1 heterocycles. The maximum absolute atomic E-state index is 11.7. The summed E-state index contributed by atoms with van der Waals surface area (Å²) in [4.78, 5) is 24.6. The molecule has 100 valence electrons. The maximum atomic E-state index is 11.7. The molecule has 0 saturated carbocycles. The van der Waals surface area contributed by atoms with Crippen LogP contribution in [0.5, 0.6) is 0 Å². The van der Waals surface area contributed by atoms with Crippen molar-refractivity contribution in [1.82, 2.24) is 20.1 Å². The minimum atomic E-state index is -0.695. The van der Waals surface area contributed by atoms with E-state index in [0.29, 0.717) is 12.2 Å². The number of amides is 2. The van der Waals surface area contributed by atoms with Crippen LogP contribution in [0.4, 0.5) is 0 Å². The van der Waals surface area contributed by atoms with E-state index < -0.39 is 5.41 Å². The van der Waals surface area contributed by atoms with E-state index in [9.17, 15) is 9.59 Å². The summed E-state index contributed by atoms with van der Waals surface area (Å²) in [7, 11) is 3.32. The third kappa shape index (κ3) is 3.07. The molecular weight excluding hydrogens is 234 g/mol. The molecule has 18 heavy (non-hydrogen) atoms. The van der Waals surface area contributed by atoms with Gasteiger partial charge in [0.2, 0.25) is 5.91 Å². The molecule has 0 aliphatic heterocycles. The molecule has 0 bridgehead atoms. The van der Waals surface area contributed by atoms with Gasteiger partial charge in [-0.3, -0.25) is 19.7 Å². The fourth-order valence-electron chi connectivity index (χ4n) is 1.47. The van der Waals surface area contributed by atoms with E-state index in [0.717, 1.165) is 0 Å². The van der Waals surface area contributed by atoms with Crippen molar-refractivity contribution in [3.8, 4) is 0 Å². The lowest BCUT2D eigenvalue weighted by Gasteiger charge is -2.21. The minimum absolute atomic E-state index is 0.171. The Morgan fingerprint density at radius 3 is 2.61 bits per heavy atom. The van der Waals surface area contributed by atoms with Gasteiger partial charge in [0.25, 0.3) is 5.91 Å². The molecule has 0 atom stereocenters.